The smallest absolute Gasteiger partial charge is 0.103 e. The predicted octanol–water partition coefficient (Wildman–Crippen LogP) is 3.16. The van der Waals surface area contributed by atoms with Gasteiger partial charge in [-0.3, -0.25) is 4.98 Å². The Morgan fingerprint density at radius 2 is 2.31 bits per heavy atom. The highest BCUT2D eigenvalue weighted by Gasteiger charge is 2.05. The fourth-order valence-electron chi connectivity index (χ4n) is 1.21. The van der Waals surface area contributed by atoms with Gasteiger partial charge in [0.05, 0.1) is 5.69 Å². The summed E-state index contributed by atoms with van der Waals surface area (Å²) in [5.74, 6) is 0. The van der Waals surface area contributed by atoms with Crippen molar-refractivity contribution >= 4 is 28.0 Å². The van der Waals surface area contributed by atoms with E-state index < -0.39 is 0 Å². The van der Waals surface area contributed by atoms with Crippen LogP contribution in [0, 0.1) is 6.92 Å². The highest BCUT2D eigenvalue weighted by Crippen LogP contribution is 2.21. The lowest BCUT2D eigenvalue weighted by molar-refractivity contribution is 1.22. The molecular formula is C12H14ClN3. The quantitative estimate of drug-likeness (QED) is 0.646. The molecule has 16 heavy (non-hydrogen) atoms. The molecule has 0 atom stereocenters. The Labute approximate surface area is 100 Å². The summed E-state index contributed by atoms with van der Waals surface area (Å²) < 4.78 is 0. The van der Waals surface area contributed by atoms with Crippen molar-refractivity contribution in [3.05, 3.63) is 42.4 Å². The van der Waals surface area contributed by atoms with Crippen LogP contribution in [0.2, 0.25) is 0 Å². The number of nitrogens with zero attached hydrogens (tertiary/aromatic N) is 2. The maximum atomic E-state index is 5.81. The molecule has 0 saturated heterocycles. The zero-order valence-electron chi connectivity index (χ0n) is 9.37. The molecule has 2 N–H and O–H groups in total. The zero-order chi connectivity index (χ0) is 12.1. The van der Waals surface area contributed by atoms with Crippen molar-refractivity contribution in [1.29, 1.82) is 0 Å². The van der Waals surface area contributed by atoms with Crippen LogP contribution in [0.1, 0.15) is 18.2 Å². The molecule has 1 rings (SSSR count). The highest BCUT2D eigenvalue weighted by atomic mass is 35.5. The minimum atomic E-state index is 0.459. The van der Waals surface area contributed by atoms with E-state index >= 15 is 0 Å². The third-order valence-electron chi connectivity index (χ3n) is 2.12. The zero-order valence-corrected chi connectivity index (χ0v) is 10.1. The SMILES string of the molecule is C=C/C(=C\N=C(/C)Cl)c1nccc(N)c1C. The van der Waals surface area contributed by atoms with Crippen LogP contribution in [0.3, 0.4) is 0 Å². The Hall–Kier alpha value is -1.61. The van der Waals surface area contributed by atoms with Crippen molar-refractivity contribution in [1.82, 2.24) is 4.98 Å². The molecule has 0 aliphatic heterocycles. The fourth-order valence-corrected chi connectivity index (χ4v) is 1.26. The molecule has 0 aliphatic carbocycles. The summed E-state index contributed by atoms with van der Waals surface area (Å²) in [5, 5.41) is 0.459. The first-order valence-electron chi connectivity index (χ1n) is 4.80. The van der Waals surface area contributed by atoms with Gasteiger partial charge in [0.2, 0.25) is 0 Å². The number of allylic oxidation sites excluding steroid dienone is 2. The minimum Gasteiger partial charge on any atom is -0.398 e. The van der Waals surface area contributed by atoms with Crippen molar-refractivity contribution in [2.45, 2.75) is 13.8 Å². The molecule has 84 valence electrons. The van der Waals surface area contributed by atoms with Crippen molar-refractivity contribution in [2.75, 3.05) is 5.73 Å². The summed E-state index contributed by atoms with van der Waals surface area (Å²) in [5.41, 5.74) is 8.99. The molecule has 1 aromatic heterocycles. The number of aliphatic imine (C=N–C) groups is 1. The third-order valence-corrected chi connectivity index (χ3v) is 2.22. The van der Waals surface area contributed by atoms with Gasteiger partial charge in [-0.05, 0) is 25.5 Å². The topological polar surface area (TPSA) is 51.3 Å². The number of aromatic nitrogens is 1. The van der Waals surface area contributed by atoms with E-state index in [1.54, 1.807) is 31.5 Å². The van der Waals surface area contributed by atoms with Crippen molar-refractivity contribution in [3.63, 3.8) is 0 Å². The standard InChI is InChI=1S/C12H14ClN3/c1-4-10(7-16-9(3)13)12-8(2)11(14)5-6-15-12/h4-7H,1H2,2-3H3,(H2,14,15)/b10-7+,16-9+. The first-order chi connectivity index (χ1) is 7.56. The molecule has 1 heterocycles. The largest absolute Gasteiger partial charge is 0.398 e. The van der Waals surface area contributed by atoms with Crippen LogP contribution in [0.4, 0.5) is 5.69 Å². The van der Waals surface area contributed by atoms with E-state index in [1.807, 2.05) is 6.92 Å². The Morgan fingerprint density at radius 3 is 2.88 bits per heavy atom. The molecular weight excluding hydrogens is 222 g/mol. The molecule has 0 fully saturated rings. The van der Waals surface area contributed by atoms with Crippen LogP contribution in [0.25, 0.3) is 5.57 Å². The molecule has 0 aromatic carbocycles. The Bertz CT molecular complexity index is 457. The summed E-state index contributed by atoms with van der Waals surface area (Å²) in [6.45, 7) is 7.34. The lowest BCUT2D eigenvalue weighted by Gasteiger charge is -2.06. The van der Waals surface area contributed by atoms with Gasteiger partial charge in [0.25, 0.3) is 0 Å². The van der Waals surface area contributed by atoms with Gasteiger partial charge in [0, 0.05) is 23.7 Å². The van der Waals surface area contributed by atoms with Crippen molar-refractivity contribution in [3.8, 4) is 0 Å². The average molecular weight is 236 g/mol. The maximum Gasteiger partial charge on any atom is 0.103 e. The molecule has 0 bridgehead atoms. The van der Waals surface area contributed by atoms with E-state index in [-0.39, 0.29) is 0 Å². The van der Waals surface area contributed by atoms with Crippen LogP contribution in [0.5, 0.6) is 0 Å². The van der Waals surface area contributed by atoms with Gasteiger partial charge in [-0.2, -0.15) is 0 Å². The second-order valence-corrected chi connectivity index (χ2v) is 3.84. The predicted molar refractivity (Wildman–Crippen MR) is 70.5 cm³/mol. The van der Waals surface area contributed by atoms with Gasteiger partial charge in [-0.15, -0.1) is 0 Å². The molecule has 0 unspecified atom stereocenters. The normalized spacial score (nSPS) is 12.7. The van der Waals surface area contributed by atoms with E-state index in [4.69, 9.17) is 17.3 Å². The highest BCUT2D eigenvalue weighted by molar-refractivity contribution is 6.64. The summed E-state index contributed by atoms with van der Waals surface area (Å²) in [6.07, 6.45) is 4.97. The number of anilines is 1. The first-order valence-corrected chi connectivity index (χ1v) is 5.18. The molecule has 0 radical (unpaired) electrons. The summed E-state index contributed by atoms with van der Waals surface area (Å²) in [4.78, 5) is 8.27. The van der Waals surface area contributed by atoms with E-state index in [0.29, 0.717) is 10.9 Å². The number of hydrogen-bond donors (Lipinski definition) is 1. The fraction of sp³-hybridized carbons (Fsp3) is 0.167. The monoisotopic (exact) mass is 235 g/mol. The lowest BCUT2D eigenvalue weighted by atomic mass is 10.1. The molecule has 4 heteroatoms. The second-order valence-electron chi connectivity index (χ2n) is 3.29. The van der Waals surface area contributed by atoms with E-state index in [2.05, 4.69) is 16.6 Å². The minimum absolute atomic E-state index is 0.459. The average Bonchev–Trinajstić information content (AvgIpc) is 2.24. The molecule has 1 aromatic rings. The van der Waals surface area contributed by atoms with E-state index in [9.17, 15) is 0 Å². The Kier molecular flexibility index (Phi) is 4.26. The van der Waals surface area contributed by atoms with E-state index in [0.717, 1.165) is 16.8 Å². The van der Waals surface area contributed by atoms with E-state index in [1.165, 1.54) is 0 Å². The van der Waals surface area contributed by atoms with Gasteiger partial charge >= 0.3 is 0 Å². The number of pyridine rings is 1. The van der Waals surface area contributed by atoms with Gasteiger partial charge in [0.1, 0.15) is 5.17 Å². The van der Waals surface area contributed by atoms with Crippen LogP contribution < -0.4 is 5.73 Å². The summed E-state index contributed by atoms with van der Waals surface area (Å²) in [6, 6.07) is 1.76. The Balaban J connectivity index is 3.24. The third kappa shape index (κ3) is 2.94. The van der Waals surface area contributed by atoms with Crippen molar-refractivity contribution < 1.29 is 0 Å². The first kappa shape index (κ1) is 12.5. The maximum absolute atomic E-state index is 5.81. The molecule has 0 aliphatic rings. The Morgan fingerprint density at radius 1 is 1.62 bits per heavy atom. The number of nitrogens with two attached hydrogens (primary N) is 1. The molecule has 0 amide bonds. The lowest BCUT2D eigenvalue weighted by Crippen LogP contribution is -1.97. The number of rotatable bonds is 3. The van der Waals surface area contributed by atoms with Crippen molar-refractivity contribution in [2.24, 2.45) is 4.99 Å². The number of hydrogen-bond acceptors (Lipinski definition) is 3. The van der Waals surface area contributed by atoms with Crippen LogP contribution in [-0.4, -0.2) is 10.2 Å². The van der Waals surface area contributed by atoms with Gasteiger partial charge in [0.15, 0.2) is 0 Å². The number of halogens is 1. The summed E-state index contributed by atoms with van der Waals surface area (Å²) >= 11 is 5.66. The van der Waals surface area contributed by atoms with Crippen LogP contribution in [0.15, 0.2) is 36.1 Å². The molecule has 0 saturated carbocycles. The van der Waals surface area contributed by atoms with Crippen LogP contribution >= 0.6 is 11.6 Å². The molecule has 3 nitrogen and oxygen atoms in total. The van der Waals surface area contributed by atoms with Crippen LogP contribution in [-0.2, 0) is 0 Å². The number of nitrogen functional groups attached to an aromatic ring is 1. The van der Waals surface area contributed by atoms with Gasteiger partial charge in [-0.25, -0.2) is 4.99 Å². The molecule has 0 spiro atoms. The second kappa shape index (κ2) is 5.47. The van der Waals surface area contributed by atoms with Gasteiger partial charge in [-0.1, -0.05) is 24.3 Å². The summed E-state index contributed by atoms with van der Waals surface area (Å²) in [7, 11) is 0. The van der Waals surface area contributed by atoms with Gasteiger partial charge < -0.3 is 5.73 Å².